The minimum atomic E-state index is 0.826. The summed E-state index contributed by atoms with van der Waals surface area (Å²) in [6.45, 7) is 6.84. The maximum absolute atomic E-state index is 5.76. The second-order valence-electron chi connectivity index (χ2n) is 4.85. The molecule has 0 spiro atoms. The van der Waals surface area contributed by atoms with E-state index in [9.17, 15) is 0 Å². The van der Waals surface area contributed by atoms with Gasteiger partial charge in [0.15, 0.2) is 0 Å². The van der Waals surface area contributed by atoms with Crippen LogP contribution in [0.5, 0.6) is 5.75 Å². The van der Waals surface area contributed by atoms with Gasteiger partial charge in [-0.15, -0.1) is 0 Å². The van der Waals surface area contributed by atoms with Crippen LogP contribution < -0.4 is 4.74 Å². The molecule has 0 aliphatic carbocycles. The lowest BCUT2D eigenvalue weighted by molar-refractivity contribution is 0.158. The first-order valence-electron chi connectivity index (χ1n) is 6.78. The monoisotopic (exact) mass is 233 g/mol. The average Bonchev–Trinajstić information content (AvgIpc) is 2.40. The van der Waals surface area contributed by atoms with Gasteiger partial charge < -0.3 is 9.64 Å². The molecule has 1 fully saturated rings. The van der Waals surface area contributed by atoms with Crippen molar-refractivity contribution in [1.82, 2.24) is 4.90 Å². The third-order valence-electron chi connectivity index (χ3n) is 3.59. The summed E-state index contributed by atoms with van der Waals surface area (Å²) in [5.74, 6) is 1.82. The number of hydrogen-bond acceptors (Lipinski definition) is 2. The molecule has 0 amide bonds. The smallest absolute Gasteiger partial charge is 0.119 e. The Hall–Kier alpha value is -1.02. The molecular formula is C15H23NO. The molecule has 1 aromatic carbocycles. The lowest BCUT2D eigenvalue weighted by atomic mass is 9.95. The Labute approximate surface area is 105 Å². The van der Waals surface area contributed by atoms with E-state index in [-0.39, 0.29) is 0 Å². The molecule has 0 saturated carbocycles. The molecule has 1 aliphatic heterocycles. The summed E-state index contributed by atoms with van der Waals surface area (Å²) in [5, 5.41) is 0. The van der Waals surface area contributed by atoms with Crippen molar-refractivity contribution >= 4 is 0 Å². The number of para-hydroxylation sites is 1. The zero-order valence-corrected chi connectivity index (χ0v) is 10.8. The fourth-order valence-corrected chi connectivity index (χ4v) is 2.53. The van der Waals surface area contributed by atoms with Gasteiger partial charge in [-0.3, -0.25) is 0 Å². The highest BCUT2D eigenvalue weighted by Crippen LogP contribution is 2.19. The summed E-state index contributed by atoms with van der Waals surface area (Å²) >= 11 is 0. The molecule has 1 atom stereocenters. The minimum Gasteiger partial charge on any atom is -0.494 e. The van der Waals surface area contributed by atoms with Crippen LogP contribution in [0.2, 0.25) is 0 Å². The Bertz CT molecular complexity index is 312. The number of benzene rings is 1. The van der Waals surface area contributed by atoms with Crippen LogP contribution in [0.1, 0.15) is 26.2 Å². The molecule has 0 N–H and O–H groups in total. The molecule has 2 nitrogen and oxygen atoms in total. The molecule has 94 valence electrons. The van der Waals surface area contributed by atoms with Crippen LogP contribution in [-0.4, -0.2) is 31.1 Å². The Morgan fingerprint density at radius 3 is 2.88 bits per heavy atom. The summed E-state index contributed by atoms with van der Waals surface area (Å²) in [7, 11) is 0. The maximum Gasteiger partial charge on any atom is 0.119 e. The fourth-order valence-electron chi connectivity index (χ4n) is 2.53. The van der Waals surface area contributed by atoms with E-state index in [1.165, 1.54) is 38.9 Å². The molecule has 0 unspecified atom stereocenters. The lowest BCUT2D eigenvalue weighted by Crippen LogP contribution is -2.35. The van der Waals surface area contributed by atoms with E-state index in [1.54, 1.807) is 0 Å². The largest absolute Gasteiger partial charge is 0.494 e. The number of ether oxygens (including phenoxy) is 1. The zero-order valence-electron chi connectivity index (χ0n) is 10.8. The van der Waals surface area contributed by atoms with Crippen LogP contribution in [0, 0.1) is 5.92 Å². The van der Waals surface area contributed by atoms with Crippen molar-refractivity contribution in [2.24, 2.45) is 5.92 Å². The molecular weight excluding hydrogens is 210 g/mol. The van der Waals surface area contributed by atoms with Gasteiger partial charge in [0.1, 0.15) is 5.75 Å². The molecule has 17 heavy (non-hydrogen) atoms. The van der Waals surface area contributed by atoms with Gasteiger partial charge in [0, 0.05) is 6.54 Å². The van der Waals surface area contributed by atoms with E-state index >= 15 is 0 Å². The first-order valence-corrected chi connectivity index (χ1v) is 6.78. The highest BCUT2D eigenvalue weighted by molar-refractivity contribution is 5.20. The lowest BCUT2D eigenvalue weighted by Gasteiger charge is -2.31. The van der Waals surface area contributed by atoms with Crippen molar-refractivity contribution in [3.05, 3.63) is 30.3 Å². The number of hydrogen-bond donors (Lipinski definition) is 0. The Kier molecular flexibility index (Phi) is 4.87. The van der Waals surface area contributed by atoms with Gasteiger partial charge in [-0.25, -0.2) is 0 Å². The topological polar surface area (TPSA) is 12.5 Å². The summed E-state index contributed by atoms with van der Waals surface area (Å²) in [6, 6.07) is 10.1. The maximum atomic E-state index is 5.76. The van der Waals surface area contributed by atoms with E-state index in [2.05, 4.69) is 11.8 Å². The standard InChI is InChI=1S/C15H23NO/c1-2-16-11-6-7-14(13-16)10-12-17-15-8-4-3-5-9-15/h3-5,8-9,14H,2,6-7,10-13H2,1H3/t14-/m0/s1. The van der Waals surface area contributed by atoms with Gasteiger partial charge >= 0.3 is 0 Å². The summed E-state index contributed by atoms with van der Waals surface area (Å²) < 4.78 is 5.76. The normalized spacial score (nSPS) is 21.4. The number of piperidine rings is 1. The quantitative estimate of drug-likeness (QED) is 0.774. The van der Waals surface area contributed by atoms with Gasteiger partial charge in [-0.05, 0) is 50.4 Å². The predicted molar refractivity (Wildman–Crippen MR) is 71.4 cm³/mol. The van der Waals surface area contributed by atoms with Crippen molar-refractivity contribution in [2.75, 3.05) is 26.2 Å². The van der Waals surface area contributed by atoms with E-state index < -0.39 is 0 Å². The molecule has 1 aromatic rings. The van der Waals surface area contributed by atoms with Gasteiger partial charge in [-0.2, -0.15) is 0 Å². The van der Waals surface area contributed by atoms with E-state index in [0.717, 1.165) is 18.3 Å². The number of likely N-dealkylation sites (tertiary alicyclic amines) is 1. The van der Waals surface area contributed by atoms with Gasteiger partial charge in [0.05, 0.1) is 6.61 Å². The van der Waals surface area contributed by atoms with Crippen LogP contribution in [0.25, 0.3) is 0 Å². The first-order chi connectivity index (χ1) is 8.38. The fraction of sp³-hybridized carbons (Fsp3) is 0.600. The Morgan fingerprint density at radius 1 is 1.29 bits per heavy atom. The Morgan fingerprint density at radius 2 is 2.12 bits per heavy atom. The van der Waals surface area contributed by atoms with Crippen LogP contribution in [0.4, 0.5) is 0 Å². The molecule has 1 saturated heterocycles. The second-order valence-corrected chi connectivity index (χ2v) is 4.85. The SMILES string of the molecule is CCN1CCC[C@@H](CCOc2ccccc2)C1. The summed E-state index contributed by atoms with van der Waals surface area (Å²) in [5.41, 5.74) is 0. The van der Waals surface area contributed by atoms with Crippen LogP contribution in [-0.2, 0) is 0 Å². The second kappa shape index (κ2) is 6.65. The Balaban J connectivity index is 1.68. The molecule has 2 rings (SSSR count). The summed E-state index contributed by atoms with van der Waals surface area (Å²) in [6.07, 6.45) is 3.91. The van der Waals surface area contributed by atoms with Crippen LogP contribution in [0.15, 0.2) is 30.3 Å². The van der Waals surface area contributed by atoms with Crippen molar-refractivity contribution in [2.45, 2.75) is 26.2 Å². The molecule has 0 radical (unpaired) electrons. The highest BCUT2D eigenvalue weighted by atomic mass is 16.5. The van der Waals surface area contributed by atoms with E-state index in [4.69, 9.17) is 4.74 Å². The highest BCUT2D eigenvalue weighted by Gasteiger charge is 2.18. The number of rotatable bonds is 5. The van der Waals surface area contributed by atoms with Crippen molar-refractivity contribution in [1.29, 1.82) is 0 Å². The predicted octanol–water partition coefficient (Wildman–Crippen LogP) is 3.19. The van der Waals surface area contributed by atoms with E-state index in [0.29, 0.717) is 0 Å². The molecule has 0 aromatic heterocycles. The third kappa shape index (κ3) is 4.04. The zero-order chi connectivity index (χ0) is 11.9. The van der Waals surface area contributed by atoms with Crippen molar-refractivity contribution < 1.29 is 4.74 Å². The van der Waals surface area contributed by atoms with Gasteiger partial charge in [-0.1, -0.05) is 25.1 Å². The molecule has 1 heterocycles. The third-order valence-corrected chi connectivity index (χ3v) is 3.59. The van der Waals surface area contributed by atoms with Crippen molar-refractivity contribution in [3.63, 3.8) is 0 Å². The van der Waals surface area contributed by atoms with Crippen LogP contribution in [0.3, 0.4) is 0 Å². The number of nitrogens with zero attached hydrogens (tertiary/aromatic N) is 1. The van der Waals surface area contributed by atoms with Gasteiger partial charge in [0.2, 0.25) is 0 Å². The molecule has 2 heteroatoms. The van der Waals surface area contributed by atoms with Crippen molar-refractivity contribution in [3.8, 4) is 5.75 Å². The first kappa shape index (κ1) is 12.4. The van der Waals surface area contributed by atoms with Gasteiger partial charge in [0.25, 0.3) is 0 Å². The average molecular weight is 233 g/mol. The molecule has 0 bridgehead atoms. The van der Waals surface area contributed by atoms with Crippen LogP contribution >= 0.6 is 0 Å². The van der Waals surface area contributed by atoms with E-state index in [1.807, 2.05) is 30.3 Å². The minimum absolute atomic E-state index is 0.826. The summed E-state index contributed by atoms with van der Waals surface area (Å²) in [4.78, 5) is 2.55. The molecule has 1 aliphatic rings.